The second-order valence-electron chi connectivity index (χ2n) is 1.48. The summed E-state index contributed by atoms with van der Waals surface area (Å²) in [6, 6.07) is 0. The van der Waals surface area contributed by atoms with Crippen LogP contribution in [0.1, 0.15) is 1.37 Å². The van der Waals surface area contributed by atoms with E-state index in [9.17, 15) is 10.1 Å². The Morgan fingerprint density at radius 2 is 2.89 bits per heavy atom. The number of hydrogen-bond donors (Lipinski definition) is 0. The Balaban J connectivity index is 3.01. The van der Waals surface area contributed by atoms with Crippen LogP contribution in [-0.4, -0.2) is 14.5 Å². The Bertz CT molecular complexity index is 246. The molecule has 1 aromatic heterocycles. The van der Waals surface area contributed by atoms with Gasteiger partial charge >= 0.3 is 5.82 Å². The minimum Gasteiger partial charge on any atom is -0.358 e. The number of nitro groups is 1. The first kappa shape index (κ1) is 4.49. The molecule has 0 aromatic carbocycles. The van der Waals surface area contributed by atoms with E-state index in [0.717, 1.165) is 10.8 Å². The van der Waals surface area contributed by atoms with Gasteiger partial charge in [-0.15, -0.1) is 0 Å². The maximum absolute atomic E-state index is 10.1. The van der Waals surface area contributed by atoms with Gasteiger partial charge in [0.15, 0.2) is 6.33 Å². The molecule has 1 rings (SSSR count). The van der Waals surface area contributed by atoms with E-state index in [4.69, 9.17) is 1.37 Å². The van der Waals surface area contributed by atoms with Crippen LogP contribution in [0.25, 0.3) is 0 Å². The second kappa shape index (κ2) is 1.85. The van der Waals surface area contributed by atoms with Crippen molar-refractivity contribution in [2.45, 2.75) is 0 Å². The third kappa shape index (κ3) is 0.883. The first-order chi connectivity index (χ1) is 4.75. The highest BCUT2D eigenvalue weighted by Gasteiger charge is 2.06. The first-order valence-electron chi connectivity index (χ1n) is 2.90. The number of imidazole rings is 1. The molecule has 0 spiro atoms. The van der Waals surface area contributed by atoms with Gasteiger partial charge in [-0.3, -0.25) is 0 Å². The summed E-state index contributed by atoms with van der Waals surface area (Å²) in [5, 5.41) is 10.1. The van der Waals surface area contributed by atoms with Crippen molar-refractivity contribution in [1.29, 1.82) is 0 Å². The minimum atomic E-state index is -0.568. The van der Waals surface area contributed by atoms with E-state index >= 15 is 0 Å². The third-order valence-electron chi connectivity index (χ3n) is 0.877. The van der Waals surface area contributed by atoms with Gasteiger partial charge in [0.2, 0.25) is 0 Å². The third-order valence-corrected chi connectivity index (χ3v) is 0.877. The molecule has 0 unspecified atom stereocenters. The molecule has 9 heavy (non-hydrogen) atoms. The lowest BCUT2D eigenvalue weighted by atomic mass is 10.8. The monoisotopic (exact) mass is 128 g/mol. The van der Waals surface area contributed by atoms with Crippen molar-refractivity contribution in [3.05, 3.63) is 22.6 Å². The van der Waals surface area contributed by atoms with Gasteiger partial charge in [-0.1, -0.05) is 0 Å². The van der Waals surface area contributed by atoms with Crippen LogP contribution in [0.2, 0.25) is 0 Å². The molecule has 1 aromatic rings. The summed E-state index contributed by atoms with van der Waals surface area (Å²) >= 11 is 0. The molecule has 48 valence electrons. The van der Waals surface area contributed by atoms with Crippen molar-refractivity contribution in [3.63, 3.8) is 0 Å². The van der Waals surface area contributed by atoms with E-state index in [-0.39, 0.29) is 12.8 Å². The zero-order chi connectivity index (χ0) is 7.56. The molecule has 0 saturated carbocycles. The SMILES string of the molecule is [2H]Cn1cncc1[N+](=O)[O-]. The Morgan fingerprint density at radius 3 is 3.33 bits per heavy atom. The Morgan fingerprint density at radius 1 is 2.11 bits per heavy atom. The van der Waals surface area contributed by atoms with Gasteiger partial charge in [-0.25, -0.2) is 9.55 Å². The highest BCUT2D eigenvalue weighted by molar-refractivity contribution is 5.13. The molecule has 5 heteroatoms. The molecule has 0 N–H and O–H groups in total. The van der Waals surface area contributed by atoms with Gasteiger partial charge in [0, 0.05) is 0 Å². The molecule has 0 aliphatic rings. The molecular formula is C4H5N3O2. The summed E-state index contributed by atoms with van der Waals surface area (Å²) in [5.74, 6) is -0.144. The molecule has 0 saturated heterocycles. The average Bonchev–Trinajstić information content (AvgIpc) is 2.33. The number of rotatable bonds is 1. The lowest BCUT2D eigenvalue weighted by molar-refractivity contribution is -0.391. The molecule has 0 fully saturated rings. The summed E-state index contributed by atoms with van der Waals surface area (Å²) < 4.78 is 7.95. The maximum Gasteiger partial charge on any atom is 0.342 e. The highest BCUT2D eigenvalue weighted by atomic mass is 16.6. The normalized spacial score (nSPS) is 10.9. The number of nitrogens with zero attached hydrogens (tertiary/aromatic N) is 3. The summed E-state index contributed by atoms with van der Waals surface area (Å²) in [4.78, 5) is 13.1. The van der Waals surface area contributed by atoms with E-state index in [0.29, 0.717) is 0 Å². The zero-order valence-corrected chi connectivity index (χ0v) is 4.52. The van der Waals surface area contributed by atoms with Crippen LogP contribution in [0, 0.1) is 10.1 Å². The maximum atomic E-state index is 10.1. The summed E-state index contributed by atoms with van der Waals surface area (Å²) in [5.41, 5.74) is 0. The topological polar surface area (TPSA) is 61.0 Å². The predicted molar refractivity (Wildman–Crippen MR) is 29.9 cm³/mol. The smallest absolute Gasteiger partial charge is 0.342 e. The van der Waals surface area contributed by atoms with Crippen LogP contribution < -0.4 is 0 Å². The fraction of sp³-hybridized carbons (Fsp3) is 0.250. The lowest BCUT2D eigenvalue weighted by Gasteiger charge is -1.89. The first-order valence-corrected chi connectivity index (χ1v) is 2.19. The number of aryl methyl sites for hydroxylation is 1. The van der Waals surface area contributed by atoms with E-state index in [1.807, 2.05) is 0 Å². The fourth-order valence-corrected chi connectivity index (χ4v) is 0.466. The van der Waals surface area contributed by atoms with Gasteiger partial charge in [0.1, 0.15) is 6.20 Å². The van der Waals surface area contributed by atoms with Gasteiger partial charge < -0.3 is 10.1 Å². The van der Waals surface area contributed by atoms with Crippen LogP contribution >= 0.6 is 0 Å². The standard InChI is InChI=1S/C4H5N3O2/c1-6-3-5-2-4(6)7(8)9/h2-3H,1H3/i1D. The van der Waals surface area contributed by atoms with Gasteiger partial charge in [0.25, 0.3) is 0 Å². The van der Waals surface area contributed by atoms with Gasteiger partial charge in [-0.2, -0.15) is 0 Å². The molecule has 0 bridgehead atoms. The predicted octanol–water partition coefficient (Wildman–Crippen LogP) is 0.328. The van der Waals surface area contributed by atoms with Gasteiger partial charge in [-0.05, 0) is 4.92 Å². The fourth-order valence-electron chi connectivity index (χ4n) is 0.466. The van der Waals surface area contributed by atoms with Crippen LogP contribution in [0.3, 0.4) is 0 Å². The summed E-state index contributed by atoms with van der Waals surface area (Å²) in [7, 11) is -0.170. The molecule has 0 atom stereocenters. The van der Waals surface area contributed by atoms with E-state index in [2.05, 4.69) is 4.98 Å². The molecule has 0 aliphatic heterocycles. The highest BCUT2D eigenvalue weighted by Crippen LogP contribution is 2.05. The molecule has 0 radical (unpaired) electrons. The van der Waals surface area contributed by atoms with Crippen LogP contribution in [0.5, 0.6) is 0 Å². The lowest BCUT2D eigenvalue weighted by Crippen LogP contribution is -1.94. The van der Waals surface area contributed by atoms with Crippen molar-refractivity contribution in [3.8, 4) is 0 Å². The van der Waals surface area contributed by atoms with Crippen molar-refractivity contribution in [1.82, 2.24) is 9.55 Å². The Hall–Kier alpha value is -1.39. The molecule has 0 amide bonds. The van der Waals surface area contributed by atoms with Crippen molar-refractivity contribution in [2.75, 3.05) is 0 Å². The Kier molecular flexibility index (Phi) is 0.921. The second-order valence-corrected chi connectivity index (χ2v) is 1.48. The summed E-state index contributed by atoms with van der Waals surface area (Å²) in [6.45, 7) is 0. The van der Waals surface area contributed by atoms with E-state index < -0.39 is 4.92 Å². The van der Waals surface area contributed by atoms with Gasteiger partial charge in [0.05, 0.1) is 8.39 Å². The van der Waals surface area contributed by atoms with Crippen LogP contribution in [0.15, 0.2) is 12.5 Å². The molecule has 1 heterocycles. The average molecular weight is 128 g/mol. The number of hydrogen-bond acceptors (Lipinski definition) is 3. The molecule has 0 aliphatic carbocycles. The largest absolute Gasteiger partial charge is 0.358 e. The minimum absolute atomic E-state index is 0.144. The Labute approximate surface area is 52.5 Å². The van der Waals surface area contributed by atoms with Crippen LogP contribution in [-0.2, 0) is 7.02 Å². The molecule has 5 nitrogen and oxygen atoms in total. The summed E-state index contributed by atoms with van der Waals surface area (Å²) in [6.07, 6.45) is 2.37. The number of aromatic nitrogens is 2. The quantitative estimate of drug-likeness (QED) is 0.404. The van der Waals surface area contributed by atoms with Crippen molar-refractivity contribution in [2.24, 2.45) is 7.02 Å². The molecular weight excluding hydrogens is 122 g/mol. The van der Waals surface area contributed by atoms with Crippen molar-refractivity contribution < 1.29 is 6.29 Å². The van der Waals surface area contributed by atoms with Crippen LogP contribution in [0.4, 0.5) is 5.82 Å². The van der Waals surface area contributed by atoms with E-state index in [1.165, 1.54) is 6.33 Å². The zero-order valence-electron chi connectivity index (χ0n) is 5.52. The van der Waals surface area contributed by atoms with E-state index in [1.54, 1.807) is 0 Å². The van der Waals surface area contributed by atoms with Crippen molar-refractivity contribution >= 4 is 5.82 Å².